The minimum absolute atomic E-state index is 0.0748. The van der Waals surface area contributed by atoms with Gasteiger partial charge in [-0.05, 0) is 21.8 Å². The molecule has 2 atom stereocenters. The van der Waals surface area contributed by atoms with Gasteiger partial charge >= 0.3 is 0 Å². The highest BCUT2D eigenvalue weighted by atomic mass is 79.9. The number of aliphatic imine (C=N–C) groups is 2. The predicted octanol–water partition coefficient (Wildman–Crippen LogP) is 2.94. The van der Waals surface area contributed by atoms with Crippen molar-refractivity contribution in [3.05, 3.63) is 15.0 Å². The molecule has 2 rings (SSSR count). The maximum Gasteiger partial charge on any atom is 0.209 e. The molecule has 0 aliphatic carbocycles. The monoisotopic (exact) mass is 359 g/mol. The molecule has 1 aromatic rings. The average molecular weight is 360 g/mol. The number of thiazole rings is 1. The summed E-state index contributed by atoms with van der Waals surface area (Å²) < 4.78 is 11.6. The normalized spacial score (nSPS) is 22.5. The van der Waals surface area contributed by atoms with Crippen molar-refractivity contribution in [1.29, 1.82) is 0 Å². The van der Waals surface area contributed by atoms with E-state index >= 15 is 0 Å². The van der Waals surface area contributed by atoms with E-state index in [1.54, 1.807) is 25.6 Å². The fourth-order valence-corrected chi connectivity index (χ4v) is 3.34. The Bertz CT molecular complexity index is 527. The summed E-state index contributed by atoms with van der Waals surface area (Å²) in [4.78, 5) is 13.7. The molecule has 0 bridgehead atoms. The molecule has 110 valence electrons. The molecule has 0 radical (unpaired) electrons. The van der Waals surface area contributed by atoms with Crippen molar-refractivity contribution in [2.75, 3.05) is 14.2 Å². The van der Waals surface area contributed by atoms with E-state index in [1.165, 1.54) is 0 Å². The third kappa shape index (κ3) is 3.38. The molecule has 5 nitrogen and oxygen atoms in total. The molecular formula is C13H18BrN3O2S. The minimum Gasteiger partial charge on any atom is -0.483 e. The van der Waals surface area contributed by atoms with Gasteiger partial charge < -0.3 is 9.47 Å². The van der Waals surface area contributed by atoms with Gasteiger partial charge in [0.05, 0.1) is 19.2 Å². The second-order valence-corrected chi connectivity index (χ2v) is 6.57. The van der Waals surface area contributed by atoms with E-state index in [-0.39, 0.29) is 12.1 Å². The van der Waals surface area contributed by atoms with Crippen molar-refractivity contribution in [2.45, 2.75) is 32.4 Å². The van der Waals surface area contributed by atoms with E-state index in [0.717, 1.165) is 9.61 Å². The summed E-state index contributed by atoms with van der Waals surface area (Å²) >= 11 is 4.95. The maximum absolute atomic E-state index is 5.41. The quantitative estimate of drug-likeness (QED) is 0.833. The molecule has 7 heteroatoms. The summed E-state index contributed by atoms with van der Waals surface area (Å²) in [6, 6.07) is -0.239. The lowest BCUT2D eigenvalue weighted by Crippen LogP contribution is -2.38. The Labute approximate surface area is 131 Å². The van der Waals surface area contributed by atoms with Crippen LogP contribution in [0.15, 0.2) is 20.0 Å². The number of hydrogen-bond donors (Lipinski definition) is 0. The molecule has 1 aliphatic rings. The number of nitrogens with zero attached hydrogens (tertiary/aromatic N) is 3. The molecule has 1 aromatic heterocycles. The smallest absolute Gasteiger partial charge is 0.209 e. The largest absolute Gasteiger partial charge is 0.483 e. The second-order valence-electron chi connectivity index (χ2n) is 4.82. The van der Waals surface area contributed by atoms with Crippen LogP contribution in [0.25, 0.3) is 0 Å². The predicted molar refractivity (Wildman–Crippen MR) is 84.8 cm³/mol. The highest BCUT2D eigenvalue weighted by molar-refractivity contribution is 9.10. The van der Waals surface area contributed by atoms with Gasteiger partial charge in [0.25, 0.3) is 0 Å². The third-order valence-corrected chi connectivity index (χ3v) is 4.61. The van der Waals surface area contributed by atoms with E-state index in [1.807, 2.05) is 5.38 Å². The Kier molecular flexibility index (Phi) is 5.15. The Balaban J connectivity index is 2.23. The van der Waals surface area contributed by atoms with Crippen LogP contribution in [0, 0.1) is 5.92 Å². The van der Waals surface area contributed by atoms with Gasteiger partial charge in [-0.3, -0.25) is 0 Å². The number of aromatic nitrogens is 1. The zero-order valence-corrected chi connectivity index (χ0v) is 14.4. The van der Waals surface area contributed by atoms with Crippen LogP contribution in [0.1, 0.15) is 18.9 Å². The first-order chi connectivity index (χ1) is 9.55. The Hall–Kier alpha value is -0.950. The number of methoxy groups -OCH3 is 2. The van der Waals surface area contributed by atoms with Crippen LogP contribution in [0.4, 0.5) is 0 Å². The van der Waals surface area contributed by atoms with Gasteiger partial charge in [0.2, 0.25) is 11.8 Å². The fourth-order valence-electron chi connectivity index (χ4n) is 2.04. The lowest BCUT2D eigenvalue weighted by Gasteiger charge is -2.26. The molecule has 20 heavy (non-hydrogen) atoms. The SMILES string of the molecule is COC1=N[C@H](C(C)C)C(OC)=NC1Cc1nc(Br)cs1. The summed E-state index contributed by atoms with van der Waals surface area (Å²) in [5, 5.41) is 2.95. The molecule has 0 aromatic carbocycles. The summed E-state index contributed by atoms with van der Waals surface area (Å²) in [6.07, 6.45) is 0.667. The van der Waals surface area contributed by atoms with Gasteiger partial charge in [0.1, 0.15) is 16.7 Å². The summed E-state index contributed by atoms with van der Waals surface area (Å²) in [5.41, 5.74) is 0. The number of ether oxygens (including phenoxy) is 2. The van der Waals surface area contributed by atoms with Crippen LogP contribution in [-0.2, 0) is 15.9 Å². The fraction of sp³-hybridized carbons (Fsp3) is 0.615. The highest BCUT2D eigenvalue weighted by Crippen LogP contribution is 2.22. The van der Waals surface area contributed by atoms with Crippen molar-refractivity contribution in [3.63, 3.8) is 0 Å². The number of rotatable bonds is 3. The van der Waals surface area contributed by atoms with Crippen LogP contribution in [-0.4, -0.2) is 43.1 Å². The lowest BCUT2D eigenvalue weighted by molar-refractivity contribution is 0.332. The Morgan fingerprint density at radius 2 is 1.95 bits per heavy atom. The average Bonchev–Trinajstić information content (AvgIpc) is 2.83. The van der Waals surface area contributed by atoms with Gasteiger partial charge in [-0.15, -0.1) is 11.3 Å². The molecule has 0 spiro atoms. The van der Waals surface area contributed by atoms with Gasteiger partial charge in [0.15, 0.2) is 0 Å². The minimum atomic E-state index is -0.164. The van der Waals surface area contributed by atoms with Crippen LogP contribution in [0.3, 0.4) is 0 Å². The van der Waals surface area contributed by atoms with E-state index < -0.39 is 0 Å². The molecule has 0 saturated heterocycles. The topological polar surface area (TPSA) is 56.1 Å². The maximum atomic E-state index is 5.41. The molecule has 1 aliphatic heterocycles. The van der Waals surface area contributed by atoms with Crippen molar-refractivity contribution < 1.29 is 9.47 Å². The third-order valence-electron chi connectivity index (χ3n) is 3.03. The molecule has 0 fully saturated rings. The molecule has 2 heterocycles. The Morgan fingerprint density at radius 3 is 2.45 bits per heavy atom. The van der Waals surface area contributed by atoms with E-state index in [4.69, 9.17) is 9.47 Å². The first-order valence-electron chi connectivity index (χ1n) is 6.38. The van der Waals surface area contributed by atoms with Crippen molar-refractivity contribution in [2.24, 2.45) is 15.9 Å². The second kappa shape index (κ2) is 6.67. The summed E-state index contributed by atoms with van der Waals surface area (Å²) in [5.74, 6) is 1.63. The first kappa shape index (κ1) is 15.4. The van der Waals surface area contributed by atoms with Crippen molar-refractivity contribution in [3.8, 4) is 0 Å². The summed E-state index contributed by atoms with van der Waals surface area (Å²) in [7, 11) is 3.27. The van der Waals surface area contributed by atoms with E-state index in [2.05, 4.69) is 44.7 Å². The zero-order valence-electron chi connectivity index (χ0n) is 12.0. The lowest BCUT2D eigenvalue weighted by atomic mass is 10.0. The van der Waals surface area contributed by atoms with Crippen LogP contribution in [0.5, 0.6) is 0 Å². The number of hydrogen-bond acceptors (Lipinski definition) is 6. The molecule has 0 saturated carbocycles. The van der Waals surface area contributed by atoms with Crippen LogP contribution < -0.4 is 0 Å². The van der Waals surface area contributed by atoms with E-state index in [9.17, 15) is 0 Å². The molecule has 1 unspecified atom stereocenters. The van der Waals surface area contributed by atoms with Crippen molar-refractivity contribution in [1.82, 2.24) is 4.98 Å². The van der Waals surface area contributed by atoms with Crippen LogP contribution in [0.2, 0.25) is 0 Å². The molecular weight excluding hydrogens is 342 g/mol. The van der Waals surface area contributed by atoms with Gasteiger partial charge in [0, 0.05) is 11.8 Å². The van der Waals surface area contributed by atoms with Crippen LogP contribution >= 0.6 is 27.3 Å². The molecule has 0 amide bonds. The standard InChI is InChI=1S/C13H18BrN3O2S/c1-7(2)11-13(19-4)15-8(12(17-11)18-3)5-10-16-9(14)6-20-10/h6-8,11H,5H2,1-4H3/t8?,11-/m1/s1. The first-order valence-corrected chi connectivity index (χ1v) is 8.05. The summed E-state index contributed by atoms with van der Waals surface area (Å²) in [6.45, 7) is 4.18. The van der Waals surface area contributed by atoms with E-state index in [0.29, 0.717) is 24.1 Å². The number of halogens is 1. The zero-order chi connectivity index (χ0) is 14.7. The van der Waals surface area contributed by atoms with Crippen molar-refractivity contribution >= 4 is 39.1 Å². The molecule has 0 N–H and O–H groups in total. The Morgan fingerprint density at radius 1 is 1.25 bits per heavy atom. The van der Waals surface area contributed by atoms with Gasteiger partial charge in [-0.25, -0.2) is 15.0 Å². The highest BCUT2D eigenvalue weighted by Gasteiger charge is 2.31. The van der Waals surface area contributed by atoms with Gasteiger partial charge in [-0.1, -0.05) is 13.8 Å². The van der Waals surface area contributed by atoms with Gasteiger partial charge in [-0.2, -0.15) is 0 Å².